The van der Waals surface area contributed by atoms with E-state index in [1.807, 2.05) is 18.2 Å². The SMILES string of the molecule is C=C(NCCCN1CCCCC1CC)c1ccc2c(c1)NC(=C)N(Cc1ccc(F)cc1)C2=O. The Morgan fingerprint density at radius 3 is 2.76 bits per heavy atom. The third-order valence-electron chi connectivity index (χ3n) is 6.88. The van der Waals surface area contributed by atoms with Gasteiger partial charge < -0.3 is 15.5 Å². The predicted octanol–water partition coefficient (Wildman–Crippen LogP) is 5.58. The van der Waals surface area contributed by atoms with E-state index < -0.39 is 0 Å². The molecule has 6 heteroatoms. The van der Waals surface area contributed by atoms with Crippen molar-refractivity contribution in [3.8, 4) is 0 Å². The van der Waals surface area contributed by atoms with E-state index in [0.29, 0.717) is 17.9 Å². The number of rotatable bonds is 9. The number of halogens is 1. The lowest BCUT2D eigenvalue weighted by atomic mass is 10.00. The minimum atomic E-state index is -0.297. The van der Waals surface area contributed by atoms with Crippen LogP contribution in [0.15, 0.2) is 61.4 Å². The zero-order chi connectivity index (χ0) is 24.1. The van der Waals surface area contributed by atoms with Crippen molar-refractivity contribution in [3.63, 3.8) is 0 Å². The Kier molecular flexibility index (Phi) is 7.68. The van der Waals surface area contributed by atoms with E-state index in [1.54, 1.807) is 17.0 Å². The van der Waals surface area contributed by atoms with Crippen LogP contribution in [0.5, 0.6) is 0 Å². The zero-order valence-corrected chi connectivity index (χ0v) is 20.1. The second-order valence-corrected chi connectivity index (χ2v) is 9.20. The molecule has 2 aliphatic rings. The molecule has 34 heavy (non-hydrogen) atoms. The molecule has 1 unspecified atom stereocenters. The highest BCUT2D eigenvalue weighted by molar-refractivity contribution is 6.03. The number of hydrogen-bond acceptors (Lipinski definition) is 4. The second-order valence-electron chi connectivity index (χ2n) is 9.20. The number of hydrogen-bond donors (Lipinski definition) is 2. The molecule has 2 aromatic carbocycles. The number of benzene rings is 2. The maximum atomic E-state index is 13.2. The number of fused-ring (bicyclic) bond motifs is 1. The summed E-state index contributed by atoms with van der Waals surface area (Å²) < 4.78 is 13.2. The topological polar surface area (TPSA) is 47.6 Å². The van der Waals surface area contributed by atoms with Crippen molar-refractivity contribution in [2.45, 2.75) is 51.6 Å². The molecule has 1 atom stereocenters. The molecule has 0 aromatic heterocycles. The number of carbonyl (C=O) groups excluding carboxylic acids is 1. The van der Waals surface area contributed by atoms with Gasteiger partial charge in [-0.25, -0.2) is 4.39 Å². The number of likely N-dealkylation sites (tertiary alicyclic amines) is 1. The molecular formula is C28H35FN4O. The van der Waals surface area contributed by atoms with Crippen molar-refractivity contribution in [1.82, 2.24) is 15.1 Å². The van der Waals surface area contributed by atoms with Crippen LogP contribution in [0.2, 0.25) is 0 Å². The maximum absolute atomic E-state index is 13.2. The molecule has 1 amide bonds. The Morgan fingerprint density at radius 2 is 2.00 bits per heavy atom. The molecule has 2 aliphatic heterocycles. The van der Waals surface area contributed by atoms with Crippen LogP contribution in [-0.4, -0.2) is 41.4 Å². The summed E-state index contributed by atoms with van der Waals surface area (Å²) in [6, 6.07) is 12.6. The van der Waals surface area contributed by atoms with Crippen LogP contribution in [0.3, 0.4) is 0 Å². The van der Waals surface area contributed by atoms with Crippen molar-refractivity contribution in [3.05, 3.63) is 84.0 Å². The first-order chi connectivity index (χ1) is 16.5. The van der Waals surface area contributed by atoms with Gasteiger partial charge in [-0.2, -0.15) is 0 Å². The van der Waals surface area contributed by atoms with Crippen molar-refractivity contribution < 1.29 is 9.18 Å². The molecule has 1 saturated heterocycles. The third-order valence-corrected chi connectivity index (χ3v) is 6.88. The highest BCUT2D eigenvalue weighted by Gasteiger charge is 2.27. The summed E-state index contributed by atoms with van der Waals surface area (Å²) in [6.45, 7) is 14.0. The fraction of sp³-hybridized carbons (Fsp3) is 0.393. The summed E-state index contributed by atoms with van der Waals surface area (Å²) in [4.78, 5) is 17.3. The molecule has 4 rings (SSSR count). The number of nitrogens with one attached hydrogen (secondary N) is 2. The van der Waals surface area contributed by atoms with Crippen LogP contribution in [-0.2, 0) is 6.54 Å². The molecule has 2 heterocycles. The number of nitrogens with zero attached hydrogens (tertiary/aromatic N) is 2. The number of carbonyl (C=O) groups is 1. The van der Waals surface area contributed by atoms with Gasteiger partial charge in [0.25, 0.3) is 5.91 Å². The first-order valence-corrected chi connectivity index (χ1v) is 12.3. The first-order valence-electron chi connectivity index (χ1n) is 12.3. The van der Waals surface area contributed by atoms with E-state index in [4.69, 9.17) is 0 Å². The normalized spacial score (nSPS) is 18.4. The van der Waals surface area contributed by atoms with Crippen LogP contribution in [0.25, 0.3) is 5.70 Å². The van der Waals surface area contributed by atoms with Gasteiger partial charge in [-0.3, -0.25) is 9.69 Å². The fourth-order valence-electron chi connectivity index (χ4n) is 4.89. The van der Waals surface area contributed by atoms with Crippen molar-refractivity contribution in [2.24, 2.45) is 0 Å². The molecule has 0 spiro atoms. The van der Waals surface area contributed by atoms with Gasteiger partial charge in [0.1, 0.15) is 11.6 Å². The molecule has 5 nitrogen and oxygen atoms in total. The molecule has 1 fully saturated rings. The van der Waals surface area contributed by atoms with Crippen molar-refractivity contribution in [1.29, 1.82) is 0 Å². The maximum Gasteiger partial charge on any atom is 0.261 e. The van der Waals surface area contributed by atoms with Gasteiger partial charge >= 0.3 is 0 Å². The Morgan fingerprint density at radius 1 is 1.21 bits per heavy atom. The molecule has 0 bridgehead atoms. The van der Waals surface area contributed by atoms with Gasteiger partial charge in [0.05, 0.1) is 17.8 Å². The van der Waals surface area contributed by atoms with Crippen molar-refractivity contribution in [2.75, 3.05) is 25.0 Å². The number of amides is 1. The van der Waals surface area contributed by atoms with Gasteiger partial charge in [0.2, 0.25) is 0 Å². The number of anilines is 1. The van der Waals surface area contributed by atoms with Crippen LogP contribution in [0.4, 0.5) is 10.1 Å². The van der Waals surface area contributed by atoms with E-state index in [1.165, 1.54) is 44.4 Å². The Hall–Kier alpha value is -3.12. The molecule has 2 aromatic rings. The minimum absolute atomic E-state index is 0.125. The first kappa shape index (κ1) is 24.0. The molecule has 0 radical (unpaired) electrons. The highest BCUT2D eigenvalue weighted by atomic mass is 19.1. The third kappa shape index (κ3) is 5.50. The van der Waals surface area contributed by atoms with Crippen LogP contribution < -0.4 is 10.6 Å². The van der Waals surface area contributed by atoms with Gasteiger partial charge in [-0.15, -0.1) is 0 Å². The van der Waals surface area contributed by atoms with Crippen LogP contribution >= 0.6 is 0 Å². The zero-order valence-electron chi connectivity index (χ0n) is 20.1. The van der Waals surface area contributed by atoms with Crippen LogP contribution in [0.1, 0.15) is 60.5 Å². The summed E-state index contributed by atoms with van der Waals surface area (Å²) in [7, 11) is 0. The van der Waals surface area contributed by atoms with Gasteiger partial charge in [0, 0.05) is 24.8 Å². The van der Waals surface area contributed by atoms with Crippen LogP contribution in [0, 0.1) is 5.82 Å². The Labute approximate surface area is 202 Å². The van der Waals surface area contributed by atoms with Gasteiger partial charge in [-0.1, -0.05) is 44.7 Å². The standard InChI is InChI=1S/C28H35FN4O/c1-4-25-8-5-6-16-32(25)17-7-15-30-20(2)23-11-14-26-27(18-23)31-21(3)33(28(26)34)19-22-9-12-24(29)13-10-22/h9-14,18,25,30-31H,2-8,15-17,19H2,1H3. The van der Waals surface area contributed by atoms with E-state index in [2.05, 4.69) is 35.6 Å². The average molecular weight is 463 g/mol. The lowest BCUT2D eigenvalue weighted by Crippen LogP contribution is -2.40. The van der Waals surface area contributed by atoms with E-state index in [-0.39, 0.29) is 11.7 Å². The summed E-state index contributed by atoms with van der Waals surface area (Å²) in [6.07, 6.45) is 6.30. The summed E-state index contributed by atoms with van der Waals surface area (Å²) >= 11 is 0. The average Bonchev–Trinajstić information content (AvgIpc) is 2.85. The van der Waals surface area contributed by atoms with Crippen molar-refractivity contribution >= 4 is 17.3 Å². The van der Waals surface area contributed by atoms with Gasteiger partial charge in [-0.05, 0) is 67.6 Å². The molecule has 0 saturated carbocycles. The monoisotopic (exact) mass is 462 g/mol. The Balaban J connectivity index is 1.33. The predicted molar refractivity (Wildman–Crippen MR) is 137 cm³/mol. The highest BCUT2D eigenvalue weighted by Crippen LogP contribution is 2.30. The summed E-state index contributed by atoms with van der Waals surface area (Å²) in [5, 5.41) is 6.70. The number of piperidine rings is 1. The summed E-state index contributed by atoms with van der Waals surface area (Å²) in [5.41, 5.74) is 3.95. The summed E-state index contributed by atoms with van der Waals surface area (Å²) in [5.74, 6) is 0.0822. The van der Waals surface area contributed by atoms with E-state index >= 15 is 0 Å². The van der Waals surface area contributed by atoms with Gasteiger partial charge in [0.15, 0.2) is 0 Å². The smallest absolute Gasteiger partial charge is 0.261 e. The molecular weight excluding hydrogens is 427 g/mol. The molecule has 0 aliphatic carbocycles. The quantitative estimate of drug-likeness (QED) is 0.478. The fourth-order valence-corrected chi connectivity index (χ4v) is 4.89. The van der Waals surface area contributed by atoms with E-state index in [0.717, 1.165) is 48.1 Å². The molecule has 2 N–H and O–H groups in total. The lowest BCUT2D eigenvalue weighted by molar-refractivity contribution is 0.0792. The lowest BCUT2D eigenvalue weighted by Gasteiger charge is -2.35. The molecule has 180 valence electrons. The van der Waals surface area contributed by atoms with E-state index in [9.17, 15) is 9.18 Å². The minimum Gasteiger partial charge on any atom is -0.385 e. The second kappa shape index (κ2) is 10.9. The largest absolute Gasteiger partial charge is 0.385 e. The Bertz CT molecular complexity index is 1050.